The molecule has 100 valence electrons. The lowest BCUT2D eigenvalue weighted by molar-refractivity contribution is -0.101. The second-order valence-corrected chi connectivity index (χ2v) is 4.71. The highest BCUT2D eigenvalue weighted by Gasteiger charge is 2.36. The van der Waals surface area contributed by atoms with E-state index in [9.17, 15) is 9.59 Å². The Labute approximate surface area is 116 Å². The number of amides is 2. The summed E-state index contributed by atoms with van der Waals surface area (Å²) in [7, 11) is 0. The molecule has 1 aliphatic rings. The van der Waals surface area contributed by atoms with E-state index in [4.69, 9.17) is 4.84 Å². The number of nitrogens with zero attached hydrogens (tertiary/aromatic N) is 1. The second kappa shape index (κ2) is 4.90. The minimum Gasteiger partial charge on any atom is -0.266 e. The molecule has 0 unspecified atom stereocenters. The van der Waals surface area contributed by atoms with Gasteiger partial charge in [0.1, 0.15) is 6.61 Å². The summed E-state index contributed by atoms with van der Waals surface area (Å²) in [5.41, 5.74) is 2.80. The summed E-state index contributed by atoms with van der Waals surface area (Å²) in [6.45, 7) is 2.17. The highest BCUT2D eigenvalue weighted by Crippen LogP contribution is 2.23. The number of aryl methyl sites for hydroxylation is 1. The van der Waals surface area contributed by atoms with Crippen LogP contribution < -0.4 is 0 Å². The predicted molar refractivity (Wildman–Crippen MR) is 72.9 cm³/mol. The zero-order valence-electron chi connectivity index (χ0n) is 11.0. The van der Waals surface area contributed by atoms with Crippen LogP contribution in [0.1, 0.15) is 31.8 Å². The molecule has 0 radical (unpaired) electrons. The van der Waals surface area contributed by atoms with E-state index in [0.29, 0.717) is 11.1 Å². The first-order chi connectivity index (χ1) is 9.66. The van der Waals surface area contributed by atoms with Gasteiger partial charge < -0.3 is 0 Å². The van der Waals surface area contributed by atoms with Crippen molar-refractivity contribution < 1.29 is 14.4 Å². The van der Waals surface area contributed by atoms with E-state index >= 15 is 0 Å². The summed E-state index contributed by atoms with van der Waals surface area (Å²) >= 11 is 0. The van der Waals surface area contributed by atoms with Gasteiger partial charge in [0.05, 0.1) is 11.1 Å². The summed E-state index contributed by atoms with van der Waals surface area (Å²) in [5, 5.41) is 0.840. The van der Waals surface area contributed by atoms with Gasteiger partial charge in [-0.15, -0.1) is 5.06 Å². The first kappa shape index (κ1) is 12.6. The average molecular weight is 267 g/mol. The third-order valence-corrected chi connectivity index (χ3v) is 3.20. The molecule has 0 bridgehead atoms. The maximum absolute atomic E-state index is 12.1. The quantitative estimate of drug-likeness (QED) is 0.803. The van der Waals surface area contributed by atoms with E-state index in [1.807, 2.05) is 31.2 Å². The first-order valence-corrected chi connectivity index (χ1v) is 6.33. The molecule has 0 spiro atoms. The van der Waals surface area contributed by atoms with Crippen LogP contribution in [0.25, 0.3) is 0 Å². The normalized spacial score (nSPS) is 13.8. The SMILES string of the molecule is Cc1cccc(CON2C(=O)c3ccccc3C2=O)c1. The van der Waals surface area contributed by atoms with E-state index in [2.05, 4.69) is 0 Å². The molecule has 4 heteroatoms. The number of hydrogen-bond donors (Lipinski definition) is 0. The van der Waals surface area contributed by atoms with Gasteiger partial charge in [-0.3, -0.25) is 14.4 Å². The molecular formula is C16H13NO3. The minimum atomic E-state index is -0.404. The maximum atomic E-state index is 12.1. The molecule has 20 heavy (non-hydrogen) atoms. The fourth-order valence-corrected chi connectivity index (χ4v) is 2.23. The van der Waals surface area contributed by atoms with Gasteiger partial charge in [-0.2, -0.15) is 0 Å². The van der Waals surface area contributed by atoms with Crippen molar-refractivity contribution in [1.82, 2.24) is 5.06 Å². The van der Waals surface area contributed by atoms with Crippen molar-refractivity contribution in [2.75, 3.05) is 0 Å². The molecule has 0 aliphatic carbocycles. The molecule has 0 N–H and O–H groups in total. The standard InChI is InChI=1S/C16H13NO3/c1-11-5-4-6-12(9-11)10-20-17-15(18)13-7-2-3-8-14(13)16(17)19/h2-9H,10H2,1H3. The van der Waals surface area contributed by atoms with E-state index < -0.39 is 11.8 Å². The van der Waals surface area contributed by atoms with Gasteiger partial charge in [-0.25, -0.2) is 0 Å². The molecule has 0 saturated heterocycles. The third kappa shape index (κ3) is 2.10. The second-order valence-electron chi connectivity index (χ2n) is 4.71. The first-order valence-electron chi connectivity index (χ1n) is 6.33. The van der Waals surface area contributed by atoms with E-state index in [1.54, 1.807) is 24.3 Å². The molecule has 3 rings (SSSR count). The summed E-state index contributed by atoms with van der Waals surface area (Å²) in [5.74, 6) is -0.809. The fourth-order valence-electron chi connectivity index (χ4n) is 2.23. The molecule has 0 aromatic heterocycles. The number of fused-ring (bicyclic) bond motifs is 1. The maximum Gasteiger partial charge on any atom is 0.285 e. The van der Waals surface area contributed by atoms with Crippen molar-refractivity contribution in [2.24, 2.45) is 0 Å². The smallest absolute Gasteiger partial charge is 0.266 e. The van der Waals surface area contributed by atoms with Gasteiger partial charge in [0, 0.05) is 0 Å². The van der Waals surface area contributed by atoms with Crippen molar-refractivity contribution in [1.29, 1.82) is 0 Å². The van der Waals surface area contributed by atoms with Crippen LogP contribution in [0.15, 0.2) is 48.5 Å². The van der Waals surface area contributed by atoms with Gasteiger partial charge in [0.2, 0.25) is 0 Å². The zero-order chi connectivity index (χ0) is 14.1. The molecule has 1 aliphatic heterocycles. The van der Waals surface area contributed by atoms with Gasteiger partial charge in [-0.05, 0) is 24.6 Å². The fraction of sp³-hybridized carbons (Fsp3) is 0.125. The minimum absolute atomic E-state index is 0.188. The molecule has 4 nitrogen and oxygen atoms in total. The summed E-state index contributed by atoms with van der Waals surface area (Å²) in [6, 6.07) is 14.5. The Bertz CT molecular complexity index is 659. The van der Waals surface area contributed by atoms with Gasteiger partial charge >= 0.3 is 0 Å². The van der Waals surface area contributed by atoms with Crippen LogP contribution in [0.3, 0.4) is 0 Å². The highest BCUT2D eigenvalue weighted by atomic mass is 16.7. The molecule has 0 saturated carbocycles. The molecule has 0 atom stereocenters. The lowest BCUT2D eigenvalue weighted by atomic mass is 10.1. The number of carbonyl (C=O) groups is 2. The summed E-state index contributed by atoms with van der Waals surface area (Å²) in [4.78, 5) is 29.5. The average Bonchev–Trinajstić information content (AvgIpc) is 2.70. The Morgan fingerprint density at radius 1 is 0.950 bits per heavy atom. The number of rotatable bonds is 3. The molecule has 2 aromatic carbocycles. The molecular weight excluding hydrogens is 254 g/mol. The van der Waals surface area contributed by atoms with Crippen LogP contribution in [0.2, 0.25) is 0 Å². The molecule has 2 aromatic rings. The number of benzene rings is 2. The lowest BCUT2D eigenvalue weighted by Gasteiger charge is -2.13. The van der Waals surface area contributed by atoms with Crippen molar-refractivity contribution in [3.63, 3.8) is 0 Å². The topological polar surface area (TPSA) is 46.6 Å². The van der Waals surface area contributed by atoms with Gasteiger partial charge in [-0.1, -0.05) is 42.0 Å². The van der Waals surface area contributed by atoms with Crippen molar-refractivity contribution >= 4 is 11.8 Å². The Hall–Kier alpha value is -2.46. The van der Waals surface area contributed by atoms with Crippen molar-refractivity contribution in [2.45, 2.75) is 13.5 Å². The lowest BCUT2D eigenvalue weighted by Crippen LogP contribution is -2.29. The highest BCUT2D eigenvalue weighted by molar-refractivity contribution is 6.20. The van der Waals surface area contributed by atoms with Crippen LogP contribution in [-0.4, -0.2) is 16.9 Å². The Kier molecular flexibility index (Phi) is 3.08. The Morgan fingerprint density at radius 3 is 2.20 bits per heavy atom. The third-order valence-electron chi connectivity index (χ3n) is 3.20. The number of imide groups is 1. The van der Waals surface area contributed by atoms with E-state index in [1.165, 1.54) is 0 Å². The van der Waals surface area contributed by atoms with Crippen LogP contribution in [0, 0.1) is 6.92 Å². The zero-order valence-corrected chi connectivity index (χ0v) is 11.0. The number of hydrogen-bond acceptors (Lipinski definition) is 3. The van der Waals surface area contributed by atoms with Crippen LogP contribution in [-0.2, 0) is 11.4 Å². The number of carbonyl (C=O) groups excluding carboxylic acids is 2. The molecule has 1 heterocycles. The van der Waals surface area contributed by atoms with E-state index in [-0.39, 0.29) is 6.61 Å². The Morgan fingerprint density at radius 2 is 1.60 bits per heavy atom. The predicted octanol–water partition coefficient (Wildman–Crippen LogP) is 2.72. The number of hydroxylamine groups is 2. The van der Waals surface area contributed by atoms with Gasteiger partial charge in [0.25, 0.3) is 11.8 Å². The summed E-state index contributed by atoms with van der Waals surface area (Å²) in [6.07, 6.45) is 0. The molecule has 0 fully saturated rings. The van der Waals surface area contributed by atoms with Crippen molar-refractivity contribution in [3.05, 3.63) is 70.8 Å². The summed E-state index contributed by atoms with van der Waals surface area (Å²) < 4.78 is 0. The monoisotopic (exact) mass is 267 g/mol. The van der Waals surface area contributed by atoms with E-state index in [0.717, 1.165) is 16.2 Å². The van der Waals surface area contributed by atoms with Crippen LogP contribution in [0.4, 0.5) is 0 Å². The molecule has 2 amide bonds. The largest absolute Gasteiger partial charge is 0.285 e. The Balaban J connectivity index is 1.77. The van der Waals surface area contributed by atoms with Crippen LogP contribution in [0.5, 0.6) is 0 Å². The van der Waals surface area contributed by atoms with Gasteiger partial charge in [0.15, 0.2) is 0 Å². The van der Waals surface area contributed by atoms with Crippen molar-refractivity contribution in [3.8, 4) is 0 Å². The van der Waals surface area contributed by atoms with Crippen LogP contribution >= 0.6 is 0 Å².